The molecule has 4 nitrogen and oxygen atoms in total. The van der Waals surface area contributed by atoms with Crippen molar-refractivity contribution in [2.24, 2.45) is 0 Å². The maximum absolute atomic E-state index is 11.8. The van der Waals surface area contributed by atoms with E-state index in [0.29, 0.717) is 23.2 Å². The van der Waals surface area contributed by atoms with Gasteiger partial charge in [0.2, 0.25) is 0 Å². The molecule has 1 aromatic rings. The van der Waals surface area contributed by atoms with Crippen LogP contribution in [0.2, 0.25) is 5.02 Å². The van der Waals surface area contributed by atoms with Crippen LogP contribution in [0, 0.1) is 0 Å². The summed E-state index contributed by atoms with van der Waals surface area (Å²) in [5.74, 6) is -0.186. The van der Waals surface area contributed by atoms with E-state index in [-0.39, 0.29) is 19.0 Å². The van der Waals surface area contributed by atoms with Gasteiger partial charge in [-0.2, -0.15) is 0 Å². The van der Waals surface area contributed by atoms with Gasteiger partial charge < -0.3 is 15.2 Å². The van der Waals surface area contributed by atoms with Gasteiger partial charge in [-0.3, -0.25) is 4.79 Å². The molecule has 0 aromatic heterocycles. The number of ether oxygens (including phenoxy) is 1. The Balaban J connectivity index is 2.30. The first kappa shape index (κ1) is 16.1. The van der Waals surface area contributed by atoms with Gasteiger partial charge in [-0.25, -0.2) is 0 Å². The molecule has 1 rings (SSSR count). The van der Waals surface area contributed by atoms with Crippen molar-refractivity contribution in [1.29, 1.82) is 0 Å². The summed E-state index contributed by atoms with van der Waals surface area (Å²) in [4.78, 5) is 11.8. The van der Waals surface area contributed by atoms with Gasteiger partial charge in [0.05, 0.1) is 17.7 Å². The first-order valence-electron chi connectivity index (χ1n) is 6.27. The topological polar surface area (TPSA) is 58.6 Å². The average molecular weight is 286 g/mol. The highest BCUT2D eigenvalue weighted by atomic mass is 35.5. The molecular formula is C14H20ClNO3. The molecule has 0 spiro atoms. The van der Waals surface area contributed by atoms with E-state index in [1.807, 2.05) is 13.8 Å². The number of aliphatic hydroxyl groups is 1. The van der Waals surface area contributed by atoms with E-state index in [1.54, 1.807) is 24.3 Å². The van der Waals surface area contributed by atoms with E-state index in [4.69, 9.17) is 16.3 Å². The Morgan fingerprint density at radius 3 is 2.74 bits per heavy atom. The number of ketones is 1. The third-order valence-corrected chi connectivity index (χ3v) is 2.81. The predicted octanol–water partition coefficient (Wildman–Crippen LogP) is 1.90. The van der Waals surface area contributed by atoms with Crippen molar-refractivity contribution in [3.05, 3.63) is 34.9 Å². The third-order valence-electron chi connectivity index (χ3n) is 2.48. The van der Waals surface area contributed by atoms with Crippen LogP contribution >= 0.6 is 11.6 Å². The molecule has 0 fully saturated rings. The van der Waals surface area contributed by atoms with E-state index < -0.39 is 6.10 Å². The molecule has 0 bridgehead atoms. The highest BCUT2D eigenvalue weighted by Gasteiger charge is 2.11. The van der Waals surface area contributed by atoms with Crippen LogP contribution in [0.1, 0.15) is 24.2 Å². The highest BCUT2D eigenvalue weighted by molar-refractivity contribution is 6.34. The molecule has 1 aromatic carbocycles. The molecule has 106 valence electrons. The Kier molecular flexibility index (Phi) is 7.02. The third kappa shape index (κ3) is 6.16. The Labute approximate surface area is 118 Å². The monoisotopic (exact) mass is 285 g/mol. The normalized spacial score (nSPS) is 12.7. The smallest absolute Gasteiger partial charge is 0.189 e. The first-order chi connectivity index (χ1) is 9.00. The van der Waals surface area contributed by atoms with Gasteiger partial charge in [0, 0.05) is 18.2 Å². The zero-order valence-corrected chi connectivity index (χ0v) is 12.0. The van der Waals surface area contributed by atoms with Gasteiger partial charge in [0.15, 0.2) is 5.78 Å². The van der Waals surface area contributed by atoms with Crippen LogP contribution in [0.25, 0.3) is 0 Å². The van der Waals surface area contributed by atoms with Crippen LogP contribution in [-0.4, -0.2) is 42.8 Å². The number of hydrogen-bond donors (Lipinski definition) is 2. The second-order valence-corrected chi connectivity index (χ2v) is 5.04. The number of hydrogen-bond acceptors (Lipinski definition) is 4. The van der Waals surface area contributed by atoms with Crippen molar-refractivity contribution in [3.63, 3.8) is 0 Å². The lowest BCUT2D eigenvalue weighted by molar-refractivity contribution is 0.0349. The predicted molar refractivity (Wildman–Crippen MR) is 75.7 cm³/mol. The maximum atomic E-state index is 11.8. The summed E-state index contributed by atoms with van der Waals surface area (Å²) in [6, 6.07) is 7.14. The second kappa shape index (κ2) is 8.27. The average Bonchev–Trinajstić information content (AvgIpc) is 2.36. The Hall–Kier alpha value is -0.940. The molecule has 0 amide bonds. The fourth-order valence-electron chi connectivity index (χ4n) is 1.48. The number of benzene rings is 1. The molecule has 0 aliphatic carbocycles. The van der Waals surface area contributed by atoms with Crippen molar-refractivity contribution in [2.75, 3.05) is 19.8 Å². The Morgan fingerprint density at radius 2 is 2.11 bits per heavy atom. The van der Waals surface area contributed by atoms with Gasteiger partial charge in [-0.1, -0.05) is 37.6 Å². The summed E-state index contributed by atoms with van der Waals surface area (Å²) in [5, 5.41) is 13.1. The van der Waals surface area contributed by atoms with Gasteiger partial charge in [-0.15, -0.1) is 0 Å². The van der Waals surface area contributed by atoms with Crippen LogP contribution < -0.4 is 5.32 Å². The van der Waals surface area contributed by atoms with Crippen LogP contribution in [0.4, 0.5) is 0 Å². The summed E-state index contributed by atoms with van der Waals surface area (Å²) in [7, 11) is 0. The number of aliphatic hydroxyl groups excluding tert-OH is 1. The molecule has 0 saturated heterocycles. The number of carbonyl (C=O) groups is 1. The van der Waals surface area contributed by atoms with E-state index in [9.17, 15) is 9.90 Å². The van der Waals surface area contributed by atoms with Gasteiger partial charge >= 0.3 is 0 Å². The summed E-state index contributed by atoms with van der Waals surface area (Å²) in [6.07, 6.45) is -0.624. The minimum absolute atomic E-state index is 0.0809. The van der Waals surface area contributed by atoms with Gasteiger partial charge in [0.1, 0.15) is 6.61 Å². The first-order valence-corrected chi connectivity index (χ1v) is 6.65. The molecule has 5 heteroatoms. The largest absolute Gasteiger partial charge is 0.389 e. The van der Waals surface area contributed by atoms with E-state index in [1.165, 1.54) is 0 Å². The van der Waals surface area contributed by atoms with Crippen LogP contribution in [0.15, 0.2) is 24.3 Å². The van der Waals surface area contributed by atoms with Gasteiger partial charge in [0.25, 0.3) is 0 Å². The molecule has 2 N–H and O–H groups in total. The molecule has 1 atom stereocenters. The SMILES string of the molecule is CC(C)NCC(O)COCC(=O)c1ccccc1Cl. The summed E-state index contributed by atoms with van der Waals surface area (Å²) in [5.41, 5.74) is 0.443. The van der Waals surface area contributed by atoms with Gasteiger partial charge in [-0.05, 0) is 12.1 Å². The molecule has 0 aliphatic rings. The van der Waals surface area contributed by atoms with Crippen molar-refractivity contribution >= 4 is 17.4 Å². The molecular weight excluding hydrogens is 266 g/mol. The second-order valence-electron chi connectivity index (χ2n) is 4.63. The minimum atomic E-state index is -0.624. The van der Waals surface area contributed by atoms with E-state index in [2.05, 4.69) is 5.32 Å². The fraction of sp³-hybridized carbons (Fsp3) is 0.500. The summed E-state index contributed by atoms with van der Waals surface area (Å²) in [6.45, 7) is 4.47. The van der Waals surface area contributed by atoms with Crippen LogP contribution in [0.3, 0.4) is 0 Å². The number of Topliss-reactive ketones (excluding diaryl/α,β-unsaturated/α-hetero) is 1. The van der Waals surface area contributed by atoms with E-state index >= 15 is 0 Å². The number of rotatable bonds is 8. The standard InChI is InChI=1S/C14H20ClNO3/c1-10(2)16-7-11(17)8-19-9-14(18)12-5-3-4-6-13(12)15/h3-6,10-11,16-17H,7-9H2,1-2H3. The Bertz CT molecular complexity index is 409. The van der Waals surface area contributed by atoms with Crippen molar-refractivity contribution in [1.82, 2.24) is 5.32 Å². The number of carbonyl (C=O) groups excluding carboxylic acids is 1. The maximum Gasteiger partial charge on any atom is 0.189 e. The molecule has 0 heterocycles. The minimum Gasteiger partial charge on any atom is -0.389 e. The zero-order chi connectivity index (χ0) is 14.3. The molecule has 0 aliphatic heterocycles. The summed E-state index contributed by atoms with van der Waals surface area (Å²) < 4.78 is 5.20. The molecule has 0 saturated carbocycles. The van der Waals surface area contributed by atoms with Crippen LogP contribution in [-0.2, 0) is 4.74 Å². The lowest BCUT2D eigenvalue weighted by Gasteiger charge is -2.14. The highest BCUT2D eigenvalue weighted by Crippen LogP contribution is 2.15. The molecule has 1 unspecified atom stereocenters. The number of halogens is 1. The number of nitrogens with one attached hydrogen (secondary N) is 1. The quantitative estimate of drug-likeness (QED) is 0.716. The van der Waals surface area contributed by atoms with Crippen molar-refractivity contribution in [2.45, 2.75) is 26.0 Å². The zero-order valence-electron chi connectivity index (χ0n) is 11.2. The van der Waals surface area contributed by atoms with Crippen LogP contribution in [0.5, 0.6) is 0 Å². The Morgan fingerprint density at radius 1 is 1.42 bits per heavy atom. The lowest BCUT2D eigenvalue weighted by Crippen LogP contribution is -2.34. The molecule has 19 heavy (non-hydrogen) atoms. The fourth-order valence-corrected chi connectivity index (χ4v) is 1.72. The van der Waals surface area contributed by atoms with Crippen molar-refractivity contribution in [3.8, 4) is 0 Å². The van der Waals surface area contributed by atoms with E-state index in [0.717, 1.165) is 0 Å². The molecule has 0 radical (unpaired) electrons. The lowest BCUT2D eigenvalue weighted by atomic mass is 10.1. The summed E-state index contributed by atoms with van der Waals surface area (Å²) >= 11 is 5.91. The van der Waals surface area contributed by atoms with Crippen molar-refractivity contribution < 1.29 is 14.6 Å².